The summed E-state index contributed by atoms with van der Waals surface area (Å²) in [4.78, 5) is 12.7. The van der Waals surface area contributed by atoms with Crippen LogP contribution in [-0.4, -0.2) is 26.3 Å². The van der Waals surface area contributed by atoms with Crippen LogP contribution in [0.1, 0.15) is 38.4 Å². The Hall–Kier alpha value is -2.40. The molecule has 26 heavy (non-hydrogen) atoms. The number of aromatic nitrogens is 3. The van der Waals surface area contributed by atoms with E-state index in [1.54, 1.807) is 0 Å². The monoisotopic (exact) mass is 365 g/mol. The highest BCUT2D eigenvalue weighted by molar-refractivity contribution is 7.99. The first-order valence-electron chi connectivity index (χ1n) is 8.59. The first-order chi connectivity index (χ1) is 12.4. The van der Waals surface area contributed by atoms with Gasteiger partial charge in [0.05, 0.1) is 5.75 Å². The Morgan fingerprint density at radius 2 is 1.58 bits per heavy atom. The first-order valence-corrected chi connectivity index (χ1v) is 9.58. The summed E-state index contributed by atoms with van der Waals surface area (Å²) in [6, 6.07) is 12.3. The van der Waals surface area contributed by atoms with Gasteiger partial charge in [-0.15, -0.1) is 10.2 Å². The van der Waals surface area contributed by atoms with Gasteiger partial charge in [0.1, 0.15) is 5.82 Å². The zero-order valence-electron chi connectivity index (χ0n) is 15.8. The van der Waals surface area contributed by atoms with Gasteiger partial charge in [0.2, 0.25) is 0 Å². The Bertz CT molecular complexity index is 958. The van der Waals surface area contributed by atoms with Crippen molar-refractivity contribution in [2.24, 2.45) is 0 Å². The van der Waals surface area contributed by atoms with Crippen LogP contribution in [-0.2, 0) is 0 Å². The molecule has 0 aliphatic rings. The van der Waals surface area contributed by atoms with E-state index in [1.165, 1.54) is 22.9 Å². The smallest absolute Gasteiger partial charge is 0.196 e. The third kappa shape index (κ3) is 3.73. The van der Waals surface area contributed by atoms with Crippen molar-refractivity contribution in [3.8, 4) is 5.69 Å². The van der Waals surface area contributed by atoms with Gasteiger partial charge in [-0.25, -0.2) is 0 Å². The summed E-state index contributed by atoms with van der Waals surface area (Å²) in [6.45, 7) is 10.1. The maximum absolute atomic E-state index is 12.7. The van der Waals surface area contributed by atoms with Gasteiger partial charge in [-0.2, -0.15) is 0 Å². The normalized spacial score (nSPS) is 11.0. The molecular weight excluding hydrogens is 342 g/mol. The van der Waals surface area contributed by atoms with E-state index in [2.05, 4.69) is 42.2 Å². The zero-order chi connectivity index (χ0) is 18.8. The predicted molar refractivity (Wildman–Crippen MR) is 107 cm³/mol. The fourth-order valence-electron chi connectivity index (χ4n) is 2.90. The lowest BCUT2D eigenvalue weighted by atomic mass is 9.99. The molecule has 0 amide bonds. The third-order valence-corrected chi connectivity index (χ3v) is 5.49. The number of thioether (sulfide) groups is 1. The molecular formula is C21H23N3OS. The van der Waals surface area contributed by atoms with Crippen molar-refractivity contribution in [2.45, 2.75) is 39.8 Å². The molecule has 0 atom stereocenters. The third-order valence-electron chi connectivity index (χ3n) is 4.56. The Labute approximate surface area is 158 Å². The van der Waals surface area contributed by atoms with Gasteiger partial charge in [0.25, 0.3) is 0 Å². The summed E-state index contributed by atoms with van der Waals surface area (Å²) in [6.07, 6.45) is 0. The van der Waals surface area contributed by atoms with Crippen molar-refractivity contribution in [1.82, 2.24) is 14.8 Å². The van der Waals surface area contributed by atoms with Crippen molar-refractivity contribution in [3.05, 3.63) is 70.0 Å². The molecule has 0 aliphatic heterocycles. The highest BCUT2D eigenvalue weighted by Gasteiger charge is 2.16. The summed E-state index contributed by atoms with van der Waals surface area (Å²) in [5.74, 6) is 1.27. The van der Waals surface area contributed by atoms with E-state index in [9.17, 15) is 4.79 Å². The van der Waals surface area contributed by atoms with Crippen molar-refractivity contribution < 1.29 is 4.79 Å². The Morgan fingerprint density at radius 1 is 0.923 bits per heavy atom. The Balaban J connectivity index is 1.82. The molecule has 2 aromatic carbocycles. The van der Waals surface area contributed by atoms with E-state index in [4.69, 9.17) is 0 Å². The Morgan fingerprint density at radius 3 is 2.27 bits per heavy atom. The van der Waals surface area contributed by atoms with E-state index in [-0.39, 0.29) is 5.78 Å². The lowest BCUT2D eigenvalue weighted by Gasteiger charge is -2.10. The van der Waals surface area contributed by atoms with Gasteiger partial charge < -0.3 is 0 Å². The molecule has 3 aromatic rings. The second-order valence-corrected chi connectivity index (χ2v) is 7.61. The van der Waals surface area contributed by atoms with Gasteiger partial charge in [-0.1, -0.05) is 35.5 Å². The molecule has 1 aromatic heterocycles. The summed E-state index contributed by atoms with van der Waals surface area (Å²) in [5.41, 5.74) is 6.38. The molecule has 0 bridgehead atoms. The lowest BCUT2D eigenvalue weighted by molar-refractivity contribution is 0.102. The largest absolute Gasteiger partial charge is 0.293 e. The topological polar surface area (TPSA) is 47.8 Å². The van der Waals surface area contributed by atoms with Crippen LogP contribution in [0.4, 0.5) is 0 Å². The summed E-state index contributed by atoms with van der Waals surface area (Å²) < 4.78 is 1.99. The molecule has 0 N–H and O–H groups in total. The van der Waals surface area contributed by atoms with Crippen molar-refractivity contribution in [3.63, 3.8) is 0 Å². The number of hydrogen-bond acceptors (Lipinski definition) is 4. The maximum atomic E-state index is 12.7. The van der Waals surface area contributed by atoms with Crippen LogP contribution in [0.25, 0.3) is 5.69 Å². The molecule has 134 valence electrons. The number of benzene rings is 2. The van der Waals surface area contributed by atoms with Gasteiger partial charge in [-0.05, 0) is 69.5 Å². The minimum absolute atomic E-state index is 0.117. The molecule has 0 spiro atoms. The van der Waals surface area contributed by atoms with Crippen LogP contribution in [0, 0.1) is 34.6 Å². The molecule has 5 heteroatoms. The zero-order valence-corrected chi connectivity index (χ0v) is 16.6. The van der Waals surface area contributed by atoms with Gasteiger partial charge in [-0.3, -0.25) is 9.36 Å². The molecule has 0 radical (unpaired) electrons. The number of aryl methyl sites for hydroxylation is 5. The molecule has 0 saturated heterocycles. The van der Waals surface area contributed by atoms with Gasteiger partial charge >= 0.3 is 0 Å². The van der Waals surface area contributed by atoms with Gasteiger partial charge in [0.15, 0.2) is 10.9 Å². The van der Waals surface area contributed by atoms with E-state index >= 15 is 0 Å². The summed E-state index contributed by atoms with van der Waals surface area (Å²) in [5, 5.41) is 9.19. The number of carbonyl (C=O) groups is 1. The number of hydrogen-bond donors (Lipinski definition) is 0. The molecule has 0 saturated carbocycles. The van der Waals surface area contributed by atoms with Gasteiger partial charge in [0, 0.05) is 11.3 Å². The van der Waals surface area contributed by atoms with Crippen LogP contribution >= 0.6 is 11.8 Å². The Kier molecular flexibility index (Phi) is 5.28. The average molecular weight is 366 g/mol. The SMILES string of the molecule is Cc1ccc(-n2c(C)nnc2SCC(=O)c2cc(C)c(C)cc2C)cc1. The highest BCUT2D eigenvalue weighted by atomic mass is 32.2. The minimum Gasteiger partial charge on any atom is -0.293 e. The number of rotatable bonds is 5. The number of ketones is 1. The van der Waals surface area contributed by atoms with E-state index in [0.29, 0.717) is 5.75 Å². The van der Waals surface area contributed by atoms with Crippen LogP contribution < -0.4 is 0 Å². The van der Waals surface area contributed by atoms with E-state index in [1.807, 2.05) is 43.5 Å². The van der Waals surface area contributed by atoms with Crippen molar-refractivity contribution in [2.75, 3.05) is 5.75 Å². The fourth-order valence-corrected chi connectivity index (χ4v) is 3.78. The lowest BCUT2D eigenvalue weighted by Crippen LogP contribution is -2.07. The van der Waals surface area contributed by atoms with Crippen LogP contribution in [0.5, 0.6) is 0 Å². The number of carbonyl (C=O) groups excluding carboxylic acids is 1. The second-order valence-electron chi connectivity index (χ2n) is 6.66. The summed E-state index contributed by atoms with van der Waals surface area (Å²) >= 11 is 1.43. The molecule has 0 unspecified atom stereocenters. The number of nitrogens with zero attached hydrogens (tertiary/aromatic N) is 3. The molecule has 1 heterocycles. The maximum Gasteiger partial charge on any atom is 0.196 e. The highest BCUT2D eigenvalue weighted by Crippen LogP contribution is 2.24. The standard InChI is InChI=1S/C21H23N3OS/c1-13-6-8-18(9-7-13)24-17(5)22-23-21(24)26-12-20(25)19-11-15(3)14(2)10-16(19)4/h6-11H,12H2,1-5H3. The predicted octanol–water partition coefficient (Wildman–Crippen LogP) is 4.78. The summed E-state index contributed by atoms with van der Waals surface area (Å²) in [7, 11) is 0. The quantitative estimate of drug-likeness (QED) is 0.482. The molecule has 0 aliphatic carbocycles. The molecule has 4 nitrogen and oxygen atoms in total. The van der Waals surface area contributed by atoms with Crippen LogP contribution in [0.3, 0.4) is 0 Å². The first kappa shape index (κ1) is 18.4. The van der Waals surface area contributed by atoms with Crippen molar-refractivity contribution >= 4 is 17.5 Å². The van der Waals surface area contributed by atoms with E-state index in [0.717, 1.165) is 33.4 Å². The number of Topliss-reactive ketones (excluding diaryl/α,β-unsaturated/α-hetero) is 1. The second kappa shape index (κ2) is 7.46. The van der Waals surface area contributed by atoms with E-state index < -0.39 is 0 Å². The molecule has 3 rings (SSSR count). The molecule has 0 fully saturated rings. The van der Waals surface area contributed by atoms with Crippen LogP contribution in [0.2, 0.25) is 0 Å². The average Bonchev–Trinajstić information content (AvgIpc) is 2.97. The van der Waals surface area contributed by atoms with Crippen LogP contribution in [0.15, 0.2) is 41.6 Å². The van der Waals surface area contributed by atoms with Crippen molar-refractivity contribution in [1.29, 1.82) is 0 Å². The fraction of sp³-hybridized carbons (Fsp3) is 0.286. The minimum atomic E-state index is 0.117.